The highest BCUT2D eigenvalue weighted by Gasteiger charge is 2.34. The Kier molecular flexibility index (Phi) is 4.61. The first-order valence-corrected chi connectivity index (χ1v) is 8.37. The summed E-state index contributed by atoms with van der Waals surface area (Å²) in [6, 6.07) is 13.6. The molecular formula is C20H21N3O3. The topological polar surface area (TPSA) is 92.5 Å². The van der Waals surface area contributed by atoms with E-state index in [1.165, 1.54) is 4.90 Å². The van der Waals surface area contributed by atoms with Crippen LogP contribution in [0.4, 0.5) is 0 Å². The fourth-order valence-electron chi connectivity index (χ4n) is 2.79. The van der Waals surface area contributed by atoms with Gasteiger partial charge in [0.1, 0.15) is 0 Å². The standard InChI is InChI=1S/C20H21N3O3/c1-20(2,21)12-22-17(24)14-7-5-6-13(10-14)11-23-18(25)15-8-3-4-9-16(15)19(23)26/h3-10H,11-12,21H2,1-2H3,(H,22,24). The maximum atomic E-state index is 12.5. The van der Waals surface area contributed by atoms with Gasteiger partial charge in [0, 0.05) is 17.6 Å². The highest BCUT2D eigenvalue weighted by atomic mass is 16.2. The zero-order valence-electron chi connectivity index (χ0n) is 14.8. The molecule has 3 rings (SSSR count). The van der Waals surface area contributed by atoms with Gasteiger partial charge >= 0.3 is 0 Å². The molecule has 0 unspecified atom stereocenters. The number of amides is 3. The number of nitrogens with one attached hydrogen (secondary N) is 1. The summed E-state index contributed by atoms with van der Waals surface area (Å²) in [5.74, 6) is -0.872. The van der Waals surface area contributed by atoms with Crippen molar-refractivity contribution in [2.45, 2.75) is 25.9 Å². The third-order valence-corrected chi connectivity index (χ3v) is 4.11. The fraction of sp³-hybridized carbons (Fsp3) is 0.250. The zero-order valence-corrected chi connectivity index (χ0v) is 14.8. The molecule has 0 radical (unpaired) electrons. The number of nitrogens with two attached hydrogens (primary N) is 1. The van der Waals surface area contributed by atoms with Crippen molar-refractivity contribution in [1.29, 1.82) is 0 Å². The second-order valence-electron chi connectivity index (χ2n) is 7.11. The second kappa shape index (κ2) is 6.72. The highest BCUT2D eigenvalue weighted by Crippen LogP contribution is 2.24. The highest BCUT2D eigenvalue weighted by molar-refractivity contribution is 6.21. The largest absolute Gasteiger partial charge is 0.350 e. The molecule has 0 spiro atoms. The average Bonchev–Trinajstić information content (AvgIpc) is 2.85. The van der Waals surface area contributed by atoms with Crippen LogP contribution in [-0.2, 0) is 6.54 Å². The summed E-state index contributed by atoms with van der Waals surface area (Å²) in [7, 11) is 0. The Hall–Kier alpha value is -2.99. The Morgan fingerprint density at radius 1 is 1.04 bits per heavy atom. The predicted octanol–water partition coefficient (Wildman–Crippen LogP) is 1.95. The van der Waals surface area contributed by atoms with Crippen LogP contribution in [0.2, 0.25) is 0 Å². The Bertz CT molecular complexity index is 849. The van der Waals surface area contributed by atoms with Gasteiger partial charge < -0.3 is 11.1 Å². The van der Waals surface area contributed by atoms with Gasteiger partial charge in [-0.15, -0.1) is 0 Å². The minimum absolute atomic E-state index is 0.121. The molecule has 1 aliphatic rings. The first-order chi connectivity index (χ1) is 12.3. The van der Waals surface area contributed by atoms with Crippen LogP contribution in [0.1, 0.15) is 50.5 Å². The summed E-state index contributed by atoms with van der Waals surface area (Å²) in [4.78, 5) is 38.4. The lowest BCUT2D eigenvalue weighted by Crippen LogP contribution is -2.45. The lowest BCUT2D eigenvalue weighted by molar-refractivity contribution is 0.0642. The number of nitrogens with zero attached hydrogens (tertiary/aromatic N) is 1. The number of hydrogen-bond donors (Lipinski definition) is 2. The summed E-state index contributed by atoms with van der Waals surface area (Å²) in [5, 5.41) is 2.78. The number of fused-ring (bicyclic) bond motifs is 1. The van der Waals surface area contributed by atoms with E-state index >= 15 is 0 Å². The van der Waals surface area contributed by atoms with Crippen LogP contribution in [0.25, 0.3) is 0 Å². The van der Waals surface area contributed by atoms with Crippen molar-refractivity contribution >= 4 is 17.7 Å². The SMILES string of the molecule is CC(C)(N)CNC(=O)c1cccc(CN2C(=O)c3ccccc3C2=O)c1. The van der Waals surface area contributed by atoms with Gasteiger partial charge in [0.25, 0.3) is 17.7 Å². The Morgan fingerprint density at radius 2 is 1.65 bits per heavy atom. The van der Waals surface area contributed by atoms with Gasteiger partial charge in [0.15, 0.2) is 0 Å². The molecular weight excluding hydrogens is 330 g/mol. The van der Waals surface area contributed by atoms with Crippen LogP contribution in [0, 0.1) is 0 Å². The van der Waals surface area contributed by atoms with Crippen LogP contribution in [0.5, 0.6) is 0 Å². The van der Waals surface area contributed by atoms with E-state index in [9.17, 15) is 14.4 Å². The molecule has 0 saturated carbocycles. The molecule has 6 heteroatoms. The quantitative estimate of drug-likeness (QED) is 0.805. The molecule has 2 aromatic carbocycles. The van der Waals surface area contributed by atoms with Crippen LogP contribution in [0.3, 0.4) is 0 Å². The van der Waals surface area contributed by atoms with Crippen molar-refractivity contribution in [3.8, 4) is 0 Å². The van der Waals surface area contributed by atoms with Gasteiger partial charge in [-0.1, -0.05) is 24.3 Å². The summed E-state index contributed by atoms with van der Waals surface area (Å²) >= 11 is 0. The summed E-state index contributed by atoms with van der Waals surface area (Å²) in [6.07, 6.45) is 0. The third kappa shape index (κ3) is 3.65. The first kappa shape index (κ1) is 17.8. The normalized spacial score (nSPS) is 13.7. The molecule has 2 aromatic rings. The zero-order chi connectivity index (χ0) is 18.9. The molecule has 1 heterocycles. The molecule has 0 fully saturated rings. The lowest BCUT2D eigenvalue weighted by Gasteiger charge is -2.19. The average molecular weight is 351 g/mol. The maximum absolute atomic E-state index is 12.5. The van der Waals surface area contributed by atoms with Gasteiger partial charge in [-0.25, -0.2) is 0 Å². The summed E-state index contributed by atoms with van der Waals surface area (Å²) in [6.45, 7) is 4.11. The number of imide groups is 1. The van der Waals surface area contributed by atoms with Crippen LogP contribution in [0.15, 0.2) is 48.5 Å². The predicted molar refractivity (Wildman–Crippen MR) is 97.7 cm³/mol. The molecule has 0 bridgehead atoms. The van der Waals surface area contributed by atoms with Gasteiger partial charge in [0.2, 0.25) is 0 Å². The Labute approximate surface area is 152 Å². The number of hydrogen-bond acceptors (Lipinski definition) is 4. The molecule has 3 amide bonds. The smallest absolute Gasteiger partial charge is 0.261 e. The van der Waals surface area contributed by atoms with Crippen molar-refractivity contribution in [3.05, 3.63) is 70.8 Å². The van der Waals surface area contributed by atoms with Gasteiger partial charge in [-0.05, 0) is 43.7 Å². The Balaban J connectivity index is 1.75. The fourth-order valence-corrected chi connectivity index (χ4v) is 2.79. The molecule has 3 N–H and O–H groups in total. The van der Waals surface area contributed by atoms with Crippen molar-refractivity contribution < 1.29 is 14.4 Å². The van der Waals surface area contributed by atoms with Crippen molar-refractivity contribution in [2.24, 2.45) is 5.73 Å². The van der Waals surface area contributed by atoms with E-state index in [-0.39, 0.29) is 24.3 Å². The molecule has 0 saturated heterocycles. The first-order valence-electron chi connectivity index (χ1n) is 8.37. The van der Waals surface area contributed by atoms with E-state index in [4.69, 9.17) is 5.73 Å². The van der Waals surface area contributed by atoms with Crippen LogP contribution >= 0.6 is 0 Å². The van der Waals surface area contributed by atoms with Crippen LogP contribution < -0.4 is 11.1 Å². The van der Waals surface area contributed by atoms with Gasteiger partial charge in [-0.3, -0.25) is 19.3 Å². The van der Waals surface area contributed by atoms with Gasteiger partial charge in [0.05, 0.1) is 17.7 Å². The summed E-state index contributed by atoms with van der Waals surface area (Å²) < 4.78 is 0. The molecule has 0 atom stereocenters. The third-order valence-electron chi connectivity index (χ3n) is 4.11. The molecule has 26 heavy (non-hydrogen) atoms. The maximum Gasteiger partial charge on any atom is 0.261 e. The van der Waals surface area contributed by atoms with Crippen molar-refractivity contribution in [1.82, 2.24) is 10.2 Å². The van der Waals surface area contributed by atoms with E-state index in [0.717, 1.165) is 0 Å². The second-order valence-corrected chi connectivity index (χ2v) is 7.11. The lowest BCUT2D eigenvalue weighted by atomic mass is 10.1. The molecule has 0 aromatic heterocycles. The van der Waals surface area contributed by atoms with Crippen molar-refractivity contribution in [2.75, 3.05) is 6.54 Å². The number of carbonyl (C=O) groups excluding carboxylic acids is 3. The number of rotatable bonds is 5. The van der Waals surface area contributed by atoms with Gasteiger partial charge in [-0.2, -0.15) is 0 Å². The Morgan fingerprint density at radius 3 is 2.23 bits per heavy atom. The molecule has 0 aliphatic carbocycles. The molecule has 134 valence electrons. The minimum atomic E-state index is -0.507. The van der Waals surface area contributed by atoms with E-state index in [1.54, 1.807) is 48.5 Å². The van der Waals surface area contributed by atoms with E-state index < -0.39 is 5.54 Å². The molecule has 6 nitrogen and oxygen atoms in total. The minimum Gasteiger partial charge on any atom is -0.350 e. The van der Waals surface area contributed by atoms with E-state index in [1.807, 2.05) is 13.8 Å². The van der Waals surface area contributed by atoms with Crippen molar-refractivity contribution in [3.63, 3.8) is 0 Å². The molecule has 1 aliphatic heterocycles. The van der Waals surface area contributed by atoms with E-state index in [2.05, 4.69) is 5.32 Å². The number of carbonyl (C=O) groups is 3. The number of benzene rings is 2. The monoisotopic (exact) mass is 351 g/mol. The van der Waals surface area contributed by atoms with Crippen LogP contribution in [-0.4, -0.2) is 34.7 Å². The summed E-state index contributed by atoms with van der Waals surface area (Å²) in [5.41, 5.74) is 7.37. The van der Waals surface area contributed by atoms with E-state index in [0.29, 0.717) is 28.8 Å².